The summed E-state index contributed by atoms with van der Waals surface area (Å²) in [5.41, 5.74) is 6.72. The lowest BCUT2D eigenvalue weighted by Gasteiger charge is -2.09. The van der Waals surface area contributed by atoms with Crippen molar-refractivity contribution >= 4 is 5.95 Å². The molecule has 0 saturated heterocycles. The van der Waals surface area contributed by atoms with E-state index in [1.165, 1.54) is 12.7 Å². The third-order valence-electron chi connectivity index (χ3n) is 2.53. The van der Waals surface area contributed by atoms with Gasteiger partial charge in [0.15, 0.2) is 0 Å². The molecule has 0 aliphatic heterocycles. The van der Waals surface area contributed by atoms with Crippen LogP contribution in [0.2, 0.25) is 0 Å². The Morgan fingerprint density at radius 2 is 1.84 bits per heavy atom. The molecule has 19 heavy (non-hydrogen) atoms. The Kier molecular flexibility index (Phi) is 3.79. The summed E-state index contributed by atoms with van der Waals surface area (Å²) in [5.74, 6) is 1.13. The van der Waals surface area contributed by atoms with Crippen LogP contribution in [-0.4, -0.2) is 22.1 Å². The highest BCUT2D eigenvalue weighted by atomic mass is 16.5. The molecule has 2 N–H and O–H groups in total. The first-order chi connectivity index (χ1) is 9.08. The van der Waals surface area contributed by atoms with Gasteiger partial charge < -0.3 is 15.2 Å². The van der Waals surface area contributed by atoms with Gasteiger partial charge in [0.25, 0.3) is 0 Å². The van der Waals surface area contributed by atoms with E-state index < -0.39 is 0 Å². The lowest BCUT2D eigenvalue weighted by atomic mass is 10.0. The molecule has 0 spiro atoms. The van der Waals surface area contributed by atoms with Crippen LogP contribution in [0, 0.1) is 0 Å². The Hall–Kier alpha value is -2.37. The highest BCUT2D eigenvalue weighted by Gasteiger charge is 2.08. The summed E-state index contributed by atoms with van der Waals surface area (Å²) in [7, 11) is 1.46. The molecular weight excluding hydrogens is 244 g/mol. The van der Waals surface area contributed by atoms with Gasteiger partial charge in [-0.1, -0.05) is 26.0 Å². The minimum Gasteiger partial charge on any atom is -0.467 e. The van der Waals surface area contributed by atoms with E-state index in [0.29, 0.717) is 11.7 Å². The number of ether oxygens (including phenoxy) is 2. The lowest BCUT2D eigenvalue weighted by Crippen LogP contribution is -2.03. The molecular formula is C13H16N4O2. The number of hydrogen-bond acceptors (Lipinski definition) is 6. The molecule has 2 rings (SSSR count). The Balaban J connectivity index is 2.25. The van der Waals surface area contributed by atoms with Crippen molar-refractivity contribution in [2.75, 3.05) is 12.8 Å². The number of anilines is 1. The van der Waals surface area contributed by atoms with E-state index in [-0.39, 0.29) is 18.0 Å². The van der Waals surface area contributed by atoms with Gasteiger partial charge in [0, 0.05) is 0 Å². The monoisotopic (exact) mass is 260 g/mol. The van der Waals surface area contributed by atoms with E-state index in [1.807, 2.05) is 24.3 Å². The zero-order valence-electron chi connectivity index (χ0n) is 11.1. The summed E-state index contributed by atoms with van der Waals surface area (Å²) in [6.45, 7) is 4.23. The highest BCUT2D eigenvalue weighted by molar-refractivity contribution is 5.32. The first-order valence-electron chi connectivity index (χ1n) is 5.92. The van der Waals surface area contributed by atoms with Gasteiger partial charge in [-0.25, -0.2) is 0 Å². The number of nitrogens with zero attached hydrogens (tertiary/aromatic N) is 3. The highest BCUT2D eigenvalue weighted by Crippen LogP contribution is 2.24. The fraction of sp³-hybridized carbons (Fsp3) is 0.308. The topological polar surface area (TPSA) is 83.2 Å². The van der Waals surface area contributed by atoms with Crippen LogP contribution in [0.25, 0.3) is 0 Å². The molecule has 100 valence electrons. The van der Waals surface area contributed by atoms with Gasteiger partial charge in [0.2, 0.25) is 5.95 Å². The molecule has 0 fully saturated rings. The van der Waals surface area contributed by atoms with Gasteiger partial charge in [0.1, 0.15) is 5.75 Å². The predicted octanol–water partition coefficient (Wildman–Crippen LogP) is 2.38. The molecule has 6 heteroatoms. The molecule has 2 aromatic rings. The first-order valence-corrected chi connectivity index (χ1v) is 5.92. The van der Waals surface area contributed by atoms with Crippen molar-refractivity contribution in [3.63, 3.8) is 0 Å². The molecule has 0 aliphatic carbocycles. The van der Waals surface area contributed by atoms with Crippen molar-refractivity contribution < 1.29 is 9.47 Å². The van der Waals surface area contributed by atoms with Gasteiger partial charge in [-0.3, -0.25) is 0 Å². The van der Waals surface area contributed by atoms with E-state index in [0.717, 1.165) is 0 Å². The van der Waals surface area contributed by atoms with E-state index in [4.69, 9.17) is 15.2 Å². The molecule has 1 aromatic carbocycles. The SMILES string of the molecule is COc1nc(N)nc(Oc2cccc(C(C)C)c2)n1. The van der Waals surface area contributed by atoms with Crippen LogP contribution in [0.5, 0.6) is 17.8 Å². The van der Waals surface area contributed by atoms with Gasteiger partial charge >= 0.3 is 12.0 Å². The Morgan fingerprint density at radius 1 is 1.11 bits per heavy atom. The molecule has 0 aliphatic rings. The van der Waals surface area contributed by atoms with Crippen molar-refractivity contribution in [3.05, 3.63) is 29.8 Å². The molecule has 1 aromatic heterocycles. The Morgan fingerprint density at radius 3 is 2.53 bits per heavy atom. The third-order valence-corrected chi connectivity index (χ3v) is 2.53. The van der Waals surface area contributed by atoms with Crippen molar-refractivity contribution in [1.82, 2.24) is 15.0 Å². The number of nitrogens with two attached hydrogens (primary N) is 1. The standard InChI is InChI=1S/C13H16N4O2/c1-8(2)9-5-4-6-10(7-9)19-13-16-11(14)15-12(17-13)18-3/h4-8H,1-3H3,(H2,14,15,16,17). The van der Waals surface area contributed by atoms with Gasteiger partial charge in [-0.15, -0.1) is 4.98 Å². The van der Waals surface area contributed by atoms with Crippen molar-refractivity contribution in [2.45, 2.75) is 19.8 Å². The maximum absolute atomic E-state index is 5.57. The zero-order valence-corrected chi connectivity index (χ0v) is 11.1. The molecule has 0 unspecified atom stereocenters. The van der Waals surface area contributed by atoms with Gasteiger partial charge in [-0.2, -0.15) is 9.97 Å². The zero-order chi connectivity index (χ0) is 13.8. The molecule has 0 radical (unpaired) electrons. The molecule has 6 nitrogen and oxygen atoms in total. The third kappa shape index (κ3) is 3.31. The fourth-order valence-electron chi connectivity index (χ4n) is 1.53. The quantitative estimate of drug-likeness (QED) is 0.908. The van der Waals surface area contributed by atoms with Crippen molar-refractivity contribution in [3.8, 4) is 17.8 Å². The van der Waals surface area contributed by atoms with Crippen LogP contribution in [0.1, 0.15) is 25.3 Å². The molecule has 1 heterocycles. The fourth-order valence-corrected chi connectivity index (χ4v) is 1.53. The molecule has 0 saturated carbocycles. The van der Waals surface area contributed by atoms with E-state index in [1.54, 1.807) is 0 Å². The summed E-state index contributed by atoms with van der Waals surface area (Å²) in [6, 6.07) is 7.98. The maximum atomic E-state index is 5.57. The van der Waals surface area contributed by atoms with Crippen LogP contribution in [0.3, 0.4) is 0 Å². The first kappa shape index (κ1) is 13.1. The van der Waals surface area contributed by atoms with E-state index >= 15 is 0 Å². The average Bonchev–Trinajstić information content (AvgIpc) is 2.38. The molecule has 0 atom stereocenters. The largest absolute Gasteiger partial charge is 0.467 e. The summed E-state index contributed by atoms with van der Waals surface area (Å²) < 4.78 is 10.5. The van der Waals surface area contributed by atoms with Crippen LogP contribution in [0.15, 0.2) is 24.3 Å². The second kappa shape index (κ2) is 5.51. The van der Waals surface area contributed by atoms with Crippen LogP contribution < -0.4 is 15.2 Å². The summed E-state index contributed by atoms with van der Waals surface area (Å²) in [5, 5.41) is 0. The number of nitrogen functional groups attached to an aromatic ring is 1. The second-order valence-electron chi connectivity index (χ2n) is 4.29. The summed E-state index contributed by atoms with van der Waals surface area (Å²) in [4.78, 5) is 11.7. The lowest BCUT2D eigenvalue weighted by molar-refractivity contribution is 0.360. The van der Waals surface area contributed by atoms with Gasteiger partial charge in [-0.05, 0) is 23.6 Å². The minimum absolute atomic E-state index is 0.0573. The number of rotatable bonds is 4. The number of methoxy groups -OCH3 is 1. The molecule has 0 amide bonds. The number of benzene rings is 1. The Bertz CT molecular complexity index is 572. The van der Waals surface area contributed by atoms with Gasteiger partial charge in [0.05, 0.1) is 7.11 Å². The van der Waals surface area contributed by atoms with E-state index in [9.17, 15) is 0 Å². The Labute approximate surface area is 111 Å². The van der Waals surface area contributed by atoms with Crippen LogP contribution >= 0.6 is 0 Å². The predicted molar refractivity (Wildman–Crippen MR) is 71.4 cm³/mol. The van der Waals surface area contributed by atoms with Crippen LogP contribution in [0.4, 0.5) is 5.95 Å². The van der Waals surface area contributed by atoms with E-state index in [2.05, 4.69) is 28.8 Å². The van der Waals surface area contributed by atoms with Crippen LogP contribution in [-0.2, 0) is 0 Å². The molecule has 0 bridgehead atoms. The minimum atomic E-state index is 0.0573. The summed E-state index contributed by atoms with van der Waals surface area (Å²) >= 11 is 0. The van der Waals surface area contributed by atoms with Crippen molar-refractivity contribution in [1.29, 1.82) is 0 Å². The second-order valence-corrected chi connectivity index (χ2v) is 4.29. The summed E-state index contributed by atoms with van der Waals surface area (Å²) in [6.07, 6.45) is 0. The number of aromatic nitrogens is 3. The normalized spacial score (nSPS) is 10.5. The van der Waals surface area contributed by atoms with Crippen molar-refractivity contribution in [2.24, 2.45) is 0 Å². The maximum Gasteiger partial charge on any atom is 0.330 e. The number of hydrogen-bond donors (Lipinski definition) is 1. The average molecular weight is 260 g/mol. The smallest absolute Gasteiger partial charge is 0.330 e.